The molecule has 3 rings (SSSR count). The highest BCUT2D eigenvalue weighted by molar-refractivity contribution is 6.09. The van der Waals surface area contributed by atoms with Gasteiger partial charge in [-0.15, -0.1) is 0 Å². The second-order valence-corrected chi connectivity index (χ2v) is 5.42. The maximum absolute atomic E-state index is 2.33. The summed E-state index contributed by atoms with van der Waals surface area (Å²) in [6.45, 7) is 8.78. The SMILES string of the molecule is Cc1cc2c3ccc(C)c(C)c3n(C)c2cc1C. The number of benzene rings is 2. The standard InChI is InChI=1S/C17H19N/c1-10-6-7-14-15-8-11(2)12(3)9-16(15)18(5)17(14)13(10)4/h6-9H,1-5H3. The van der Waals surface area contributed by atoms with Gasteiger partial charge in [-0.2, -0.15) is 0 Å². The molecule has 1 nitrogen and oxygen atoms in total. The quantitative estimate of drug-likeness (QED) is 0.540. The molecule has 1 heteroatoms. The molecule has 0 unspecified atom stereocenters. The fourth-order valence-electron chi connectivity index (χ4n) is 2.87. The van der Waals surface area contributed by atoms with E-state index in [2.05, 4.69) is 63.6 Å². The van der Waals surface area contributed by atoms with E-state index < -0.39 is 0 Å². The van der Waals surface area contributed by atoms with Gasteiger partial charge in [0.15, 0.2) is 0 Å². The minimum Gasteiger partial charge on any atom is -0.343 e. The Balaban J connectivity index is 2.62. The molecule has 0 aliphatic heterocycles. The van der Waals surface area contributed by atoms with Crippen molar-refractivity contribution in [3.63, 3.8) is 0 Å². The van der Waals surface area contributed by atoms with Gasteiger partial charge in [-0.25, -0.2) is 0 Å². The highest BCUT2D eigenvalue weighted by Crippen LogP contribution is 2.32. The van der Waals surface area contributed by atoms with Crippen LogP contribution >= 0.6 is 0 Å². The van der Waals surface area contributed by atoms with Crippen LogP contribution in [-0.2, 0) is 7.05 Å². The molecular weight excluding hydrogens is 218 g/mol. The maximum Gasteiger partial charge on any atom is 0.0521 e. The van der Waals surface area contributed by atoms with Gasteiger partial charge < -0.3 is 4.57 Å². The summed E-state index contributed by atoms with van der Waals surface area (Å²) >= 11 is 0. The third-order valence-electron chi connectivity index (χ3n) is 4.30. The molecule has 1 aromatic heterocycles. The number of aryl methyl sites for hydroxylation is 5. The minimum absolute atomic E-state index is 1.34. The molecule has 0 saturated carbocycles. The van der Waals surface area contributed by atoms with Crippen LogP contribution in [0.2, 0.25) is 0 Å². The molecule has 1 heterocycles. The van der Waals surface area contributed by atoms with Crippen LogP contribution in [0.1, 0.15) is 22.3 Å². The van der Waals surface area contributed by atoms with E-state index in [-0.39, 0.29) is 0 Å². The highest BCUT2D eigenvalue weighted by atomic mass is 14.9. The molecule has 0 N–H and O–H groups in total. The Morgan fingerprint density at radius 1 is 0.778 bits per heavy atom. The molecule has 92 valence electrons. The van der Waals surface area contributed by atoms with Crippen molar-refractivity contribution in [1.29, 1.82) is 0 Å². The molecule has 0 aliphatic rings. The van der Waals surface area contributed by atoms with Gasteiger partial charge in [0.1, 0.15) is 0 Å². The molecule has 0 spiro atoms. The van der Waals surface area contributed by atoms with Crippen LogP contribution in [0.25, 0.3) is 21.8 Å². The zero-order valence-corrected chi connectivity index (χ0v) is 11.8. The van der Waals surface area contributed by atoms with Crippen molar-refractivity contribution >= 4 is 21.8 Å². The average Bonchev–Trinajstić information content (AvgIpc) is 2.59. The van der Waals surface area contributed by atoms with Crippen LogP contribution in [0.3, 0.4) is 0 Å². The smallest absolute Gasteiger partial charge is 0.0521 e. The first-order valence-corrected chi connectivity index (χ1v) is 6.46. The summed E-state index contributed by atoms with van der Waals surface area (Å²) < 4.78 is 2.33. The highest BCUT2D eigenvalue weighted by Gasteiger charge is 2.12. The summed E-state index contributed by atoms with van der Waals surface area (Å²) in [6.07, 6.45) is 0. The van der Waals surface area contributed by atoms with E-state index in [1.165, 1.54) is 44.1 Å². The minimum atomic E-state index is 1.34. The van der Waals surface area contributed by atoms with Crippen molar-refractivity contribution in [3.05, 3.63) is 46.5 Å². The Morgan fingerprint density at radius 3 is 2.17 bits per heavy atom. The Bertz CT molecular complexity index is 775. The van der Waals surface area contributed by atoms with Crippen molar-refractivity contribution < 1.29 is 0 Å². The van der Waals surface area contributed by atoms with E-state index in [0.29, 0.717) is 0 Å². The van der Waals surface area contributed by atoms with E-state index in [0.717, 1.165) is 0 Å². The fraction of sp³-hybridized carbons (Fsp3) is 0.294. The summed E-state index contributed by atoms with van der Waals surface area (Å²) in [7, 11) is 2.17. The Labute approximate surface area is 108 Å². The van der Waals surface area contributed by atoms with Crippen LogP contribution in [0.4, 0.5) is 0 Å². The first-order chi connectivity index (χ1) is 8.50. The fourth-order valence-corrected chi connectivity index (χ4v) is 2.87. The average molecular weight is 237 g/mol. The molecule has 0 bridgehead atoms. The third-order valence-corrected chi connectivity index (χ3v) is 4.30. The predicted molar refractivity (Wildman–Crippen MR) is 79.4 cm³/mol. The van der Waals surface area contributed by atoms with Crippen molar-refractivity contribution in [2.24, 2.45) is 7.05 Å². The van der Waals surface area contributed by atoms with Crippen LogP contribution in [-0.4, -0.2) is 4.57 Å². The molecule has 0 saturated heterocycles. The summed E-state index contributed by atoms with van der Waals surface area (Å²) in [5.74, 6) is 0. The number of nitrogens with zero attached hydrogens (tertiary/aromatic N) is 1. The topological polar surface area (TPSA) is 4.93 Å². The van der Waals surface area contributed by atoms with Crippen molar-refractivity contribution in [3.8, 4) is 0 Å². The van der Waals surface area contributed by atoms with Crippen LogP contribution in [0, 0.1) is 27.7 Å². The van der Waals surface area contributed by atoms with Crippen molar-refractivity contribution in [2.75, 3.05) is 0 Å². The molecule has 0 radical (unpaired) electrons. The second kappa shape index (κ2) is 3.61. The summed E-state index contributed by atoms with van der Waals surface area (Å²) in [6, 6.07) is 9.11. The number of hydrogen-bond acceptors (Lipinski definition) is 0. The number of fused-ring (bicyclic) bond motifs is 3. The van der Waals surface area contributed by atoms with E-state index in [1.54, 1.807) is 0 Å². The van der Waals surface area contributed by atoms with Crippen LogP contribution in [0.5, 0.6) is 0 Å². The van der Waals surface area contributed by atoms with Gasteiger partial charge in [-0.1, -0.05) is 12.1 Å². The number of aromatic nitrogens is 1. The zero-order valence-electron chi connectivity index (χ0n) is 11.8. The van der Waals surface area contributed by atoms with Gasteiger partial charge in [0.05, 0.1) is 5.52 Å². The second-order valence-electron chi connectivity index (χ2n) is 5.42. The van der Waals surface area contributed by atoms with Gasteiger partial charge >= 0.3 is 0 Å². The normalized spacial score (nSPS) is 11.6. The Hall–Kier alpha value is -1.76. The molecule has 0 amide bonds. The molecule has 3 aromatic rings. The van der Waals surface area contributed by atoms with E-state index >= 15 is 0 Å². The lowest BCUT2D eigenvalue weighted by atomic mass is 10.0. The first-order valence-electron chi connectivity index (χ1n) is 6.46. The zero-order chi connectivity index (χ0) is 13.0. The van der Waals surface area contributed by atoms with Gasteiger partial charge in [-0.05, 0) is 62.1 Å². The van der Waals surface area contributed by atoms with Gasteiger partial charge in [0.25, 0.3) is 0 Å². The van der Waals surface area contributed by atoms with Gasteiger partial charge in [-0.3, -0.25) is 0 Å². The number of rotatable bonds is 0. The van der Waals surface area contributed by atoms with E-state index in [4.69, 9.17) is 0 Å². The maximum atomic E-state index is 2.33. The molecule has 0 fully saturated rings. The van der Waals surface area contributed by atoms with Crippen molar-refractivity contribution in [2.45, 2.75) is 27.7 Å². The predicted octanol–water partition coefficient (Wildman–Crippen LogP) is 4.57. The van der Waals surface area contributed by atoms with Crippen LogP contribution in [0.15, 0.2) is 24.3 Å². The molecular formula is C17H19N. The summed E-state index contributed by atoms with van der Waals surface area (Å²) in [5, 5.41) is 2.75. The number of hydrogen-bond donors (Lipinski definition) is 0. The third kappa shape index (κ3) is 1.34. The lowest BCUT2D eigenvalue weighted by Gasteiger charge is -2.05. The van der Waals surface area contributed by atoms with E-state index in [1.807, 2.05) is 0 Å². The Morgan fingerprint density at radius 2 is 1.44 bits per heavy atom. The van der Waals surface area contributed by atoms with Crippen molar-refractivity contribution in [1.82, 2.24) is 4.57 Å². The lowest BCUT2D eigenvalue weighted by molar-refractivity contribution is 1.00. The lowest BCUT2D eigenvalue weighted by Crippen LogP contribution is -1.91. The van der Waals surface area contributed by atoms with Gasteiger partial charge in [0, 0.05) is 23.3 Å². The monoisotopic (exact) mass is 237 g/mol. The van der Waals surface area contributed by atoms with Crippen LogP contribution < -0.4 is 0 Å². The largest absolute Gasteiger partial charge is 0.343 e. The Kier molecular flexibility index (Phi) is 2.28. The van der Waals surface area contributed by atoms with Gasteiger partial charge in [0.2, 0.25) is 0 Å². The molecule has 2 aromatic carbocycles. The first kappa shape index (κ1) is 11.3. The summed E-state index contributed by atoms with van der Waals surface area (Å²) in [4.78, 5) is 0. The molecule has 0 aliphatic carbocycles. The summed E-state index contributed by atoms with van der Waals surface area (Å²) in [5.41, 5.74) is 8.19. The molecule has 18 heavy (non-hydrogen) atoms. The van der Waals surface area contributed by atoms with E-state index in [9.17, 15) is 0 Å². The molecule has 0 atom stereocenters.